The largest absolute Gasteiger partial charge is 0.311 e. The van der Waals surface area contributed by atoms with E-state index in [-0.39, 0.29) is 6.71 Å². The topological polar surface area (TPSA) is 32.3 Å². The molecule has 0 N–H and O–H groups in total. The molecule has 12 aromatic rings. The van der Waals surface area contributed by atoms with Gasteiger partial charge in [0.15, 0.2) is 5.82 Å². The van der Waals surface area contributed by atoms with E-state index in [0.29, 0.717) is 5.82 Å². The molecule has 0 amide bonds. The van der Waals surface area contributed by atoms with Gasteiger partial charge in [-0.05, 0) is 115 Å². The molecular formula is C66H43BN4. The van der Waals surface area contributed by atoms with Gasteiger partial charge in [0, 0.05) is 50.8 Å². The lowest BCUT2D eigenvalue weighted by Gasteiger charge is -2.44. The van der Waals surface area contributed by atoms with Gasteiger partial charge in [-0.2, -0.15) is 0 Å². The number of hydrogen-bond donors (Lipinski definition) is 0. The normalized spacial score (nSPS) is 12.4. The van der Waals surface area contributed by atoms with Crippen LogP contribution in [-0.2, 0) is 0 Å². The third kappa shape index (κ3) is 7.01. The summed E-state index contributed by atoms with van der Waals surface area (Å²) in [6.45, 7) is -0.0932. The van der Waals surface area contributed by atoms with E-state index in [1.54, 1.807) is 0 Å². The molecular weight excluding hydrogens is 860 g/mol. The molecule has 0 aliphatic carbocycles. The summed E-state index contributed by atoms with van der Waals surface area (Å²) in [5.74, 6) is 0.660. The molecule has 0 spiro atoms. The van der Waals surface area contributed by atoms with Crippen LogP contribution in [0.2, 0.25) is 0 Å². The maximum Gasteiger partial charge on any atom is 0.252 e. The van der Waals surface area contributed by atoms with Gasteiger partial charge in [0.2, 0.25) is 0 Å². The number of hydrogen-bond acceptors (Lipinski definition) is 4. The molecule has 5 heteroatoms. The quantitative estimate of drug-likeness (QED) is 0.149. The monoisotopic (exact) mass is 902 g/mol. The molecule has 0 radical (unpaired) electrons. The maximum absolute atomic E-state index is 5.47. The summed E-state index contributed by atoms with van der Waals surface area (Å²) in [5, 5.41) is 4.82. The minimum absolute atomic E-state index is 0.0932. The second-order valence-electron chi connectivity index (χ2n) is 18.6. The Morgan fingerprint density at radius 1 is 0.268 bits per heavy atom. The first-order valence-electron chi connectivity index (χ1n) is 24.3. The van der Waals surface area contributed by atoms with Crippen molar-refractivity contribution in [2.45, 2.75) is 0 Å². The molecule has 1 aromatic heterocycles. The van der Waals surface area contributed by atoms with Gasteiger partial charge >= 0.3 is 0 Å². The zero-order chi connectivity index (χ0) is 46.8. The molecule has 0 bridgehead atoms. The Balaban J connectivity index is 1.09. The average molecular weight is 903 g/mol. The van der Waals surface area contributed by atoms with Crippen molar-refractivity contribution >= 4 is 78.8 Å². The van der Waals surface area contributed by atoms with Crippen molar-refractivity contribution < 1.29 is 0 Å². The summed E-state index contributed by atoms with van der Waals surface area (Å²) in [6.07, 6.45) is 0. The number of fused-ring (bicyclic) bond motifs is 6. The van der Waals surface area contributed by atoms with Gasteiger partial charge in [0.1, 0.15) is 0 Å². The molecule has 0 fully saturated rings. The highest BCUT2D eigenvalue weighted by atomic mass is 15.2. The van der Waals surface area contributed by atoms with Gasteiger partial charge in [0.25, 0.3) is 6.71 Å². The lowest BCUT2D eigenvalue weighted by molar-refractivity contribution is 1.18. The molecule has 71 heavy (non-hydrogen) atoms. The Bertz CT molecular complexity index is 3720. The van der Waals surface area contributed by atoms with Crippen LogP contribution in [0.1, 0.15) is 0 Å². The van der Waals surface area contributed by atoms with Gasteiger partial charge < -0.3 is 9.80 Å². The highest BCUT2D eigenvalue weighted by Crippen LogP contribution is 2.47. The van der Waals surface area contributed by atoms with Crippen molar-refractivity contribution in [1.29, 1.82) is 0 Å². The van der Waals surface area contributed by atoms with E-state index in [1.165, 1.54) is 60.2 Å². The molecule has 4 nitrogen and oxygen atoms in total. The summed E-state index contributed by atoms with van der Waals surface area (Å²) in [7, 11) is 0. The maximum atomic E-state index is 5.47. The minimum atomic E-state index is -0.0932. The SMILES string of the molecule is c1ccc(-c2ccc(N3c4cc5ccccc5cc4B4c5cc6ccccc6cc5N(c5ccc(-c6ccccc6)cc5)c5cc(-c6nc(-c7ccccc7)cc(-c7ccccc7)n6)cc3c54)cc2)cc1. The predicted octanol–water partition coefficient (Wildman–Crippen LogP) is 15.2. The molecule has 2 aliphatic heterocycles. The summed E-state index contributed by atoms with van der Waals surface area (Å²) < 4.78 is 0. The van der Waals surface area contributed by atoms with E-state index in [0.717, 1.165) is 62.2 Å². The van der Waals surface area contributed by atoms with Crippen LogP contribution in [0.3, 0.4) is 0 Å². The number of anilines is 6. The van der Waals surface area contributed by atoms with Crippen LogP contribution in [0.4, 0.5) is 34.1 Å². The molecule has 0 saturated carbocycles. The highest BCUT2D eigenvalue weighted by Gasteiger charge is 2.44. The van der Waals surface area contributed by atoms with Crippen LogP contribution >= 0.6 is 0 Å². The zero-order valence-electron chi connectivity index (χ0n) is 38.7. The first-order chi connectivity index (χ1) is 35.2. The molecule has 330 valence electrons. The minimum Gasteiger partial charge on any atom is -0.311 e. The number of aromatic nitrogens is 2. The van der Waals surface area contributed by atoms with Crippen molar-refractivity contribution in [2.24, 2.45) is 0 Å². The fourth-order valence-corrected chi connectivity index (χ4v) is 11.0. The third-order valence-electron chi connectivity index (χ3n) is 14.4. The summed E-state index contributed by atoms with van der Waals surface area (Å²) in [4.78, 5) is 15.9. The van der Waals surface area contributed by atoms with Gasteiger partial charge in [0.05, 0.1) is 11.4 Å². The third-order valence-corrected chi connectivity index (χ3v) is 14.4. The molecule has 0 unspecified atom stereocenters. The molecule has 14 rings (SSSR count). The van der Waals surface area contributed by atoms with E-state index >= 15 is 0 Å². The fourth-order valence-electron chi connectivity index (χ4n) is 11.0. The Labute approximate surface area is 413 Å². The van der Waals surface area contributed by atoms with Crippen LogP contribution in [-0.4, -0.2) is 16.7 Å². The average Bonchev–Trinajstić information content (AvgIpc) is 3.45. The first-order valence-corrected chi connectivity index (χ1v) is 24.3. The van der Waals surface area contributed by atoms with Crippen molar-refractivity contribution in [1.82, 2.24) is 9.97 Å². The molecule has 0 saturated heterocycles. The Morgan fingerprint density at radius 3 is 1.00 bits per heavy atom. The molecule has 3 heterocycles. The smallest absolute Gasteiger partial charge is 0.252 e. The molecule has 0 atom stereocenters. The standard InChI is InChI=1S/C66H43BN4/c1-5-17-44(18-6-1)46-29-33-55(34-30-46)70-61-39-52-27-15-13-25-50(52)37-57(61)67-58-38-51-26-14-16-28-53(51)40-62(58)71(56-35-31-47(32-36-56)45-19-7-2-8-20-45)64-42-54(41-63(70)65(64)67)66-68-59(48-21-9-3-10-22-48)43-60(69-66)49-23-11-4-12-24-49/h1-43H. The number of rotatable bonds is 7. The van der Waals surface area contributed by atoms with Crippen LogP contribution in [0.25, 0.3) is 77.7 Å². The van der Waals surface area contributed by atoms with Gasteiger partial charge in [-0.25, -0.2) is 9.97 Å². The van der Waals surface area contributed by atoms with Crippen LogP contribution < -0.4 is 26.2 Å². The number of nitrogens with zero attached hydrogens (tertiary/aromatic N) is 4. The summed E-state index contributed by atoms with van der Waals surface area (Å²) >= 11 is 0. The van der Waals surface area contributed by atoms with Crippen molar-refractivity contribution in [3.05, 3.63) is 261 Å². The lowest BCUT2D eigenvalue weighted by Crippen LogP contribution is -2.61. The van der Waals surface area contributed by atoms with Gasteiger partial charge in [-0.15, -0.1) is 0 Å². The van der Waals surface area contributed by atoms with E-state index < -0.39 is 0 Å². The Kier molecular flexibility index (Phi) is 9.59. The van der Waals surface area contributed by atoms with Crippen molar-refractivity contribution in [2.75, 3.05) is 9.80 Å². The van der Waals surface area contributed by atoms with Gasteiger partial charge in [-0.3, -0.25) is 0 Å². The molecule has 11 aromatic carbocycles. The van der Waals surface area contributed by atoms with Gasteiger partial charge in [-0.1, -0.05) is 206 Å². The fraction of sp³-hybridized carbons (Fsp3) is 0. The van der Waals surface area contributed by atoms with Crippen LogP contribution in [0, 0.1) is 0 Å². The highest BCUT2D eigenvalue weighted by molar-refractivity contribution is 7.00. The second kappa shape index (κ2) is 16.7. The second-order valence-corrected chi connectivity index (χ2v) is 18.6. The Morgan fingerprint density at radius 2 is 0.606 bits per heavy atom. The van der Waals surface area contributed by atoms with Crippen molar-refractivity contribution in [3.63, 3.8) is 0 Å². The van der Waals surface area contributed by atoms with Crippen LogP contribution in [0.15, 0.2) is 261 Å². The zero-order valence-corrected chi connectivity index (χ0v) is 38.7. The van der Waals surface area contributed by atoms with E-state index in [1.807, 2.05) is 0 Å². The predicted molar refractivity (Wildman–Crippen MR) is 298 cm³/mol. The Hall–Kier alpha value is -9.32. The van der Waals surface area contributed by atoms with Crippen LogP contribution in [0.5, 0.6) is 0 Å². The van der Waals surface area contributed by atoms with Crippen molar-refractivity contribution in [3.8, 4) is 56.2 Å². The van der Waals surface area contributed by atoms with E-state index in [2.05, 4.69) is 271 Å². The summed E-state index contributed by atoms with van der Waals surface area (Å²) in [6, 6.07) is 94.5. The lowest BCUT2D eigenvalue weighted by atomic mass is 9.33. The molecule has 2 aliphatic rings. The van der Waals surface area contributed by atoms with E-state index in [9.17, 15) is 0 Å². The first kappa shape index (κ1) is 40.7. The number of benzene rings is 11. The van der Waals surface area contributed by atoms with E-state index in [4.69, 9.17) is 9.97 Å². The summed E-state index contributed by atoms with van der Waals surface area (Å²) in [5.41, 5.74) is 19.9.